The van der Waals surface area contributed by atoms with E-state index in [0.717, 1.165) is 22.2 Å². The zero-order chi connectivity index (χ0) is 27.0. The van der Waals surface area contributed by atoms with Gasteiger partial charge in [0.25, 0.3) is 0 Å². The van der Waals surface area contributed by atoms with E-state index in [0.29, 0.717) is 0 Å². The van der Waals surface area contributed by atoms with Crippen LogP contribution in [0, 0.1) is 5.41 Å². The number of hydrogen-bond donors (Lipinski definition) is 0. The van der Waals surface area contributed by atoms with Crippen LogP contribution >= 0.6 is 0 Å². The molecule has 0 amide bonds. The van der Waals surface area contributed by atoms with Gasteiger partial charge in [0.1, 0.15) is 21.3 Å². The van der Waals surface area contributed by atoms with Crippen LogP contribution in [-0.4, -0.2) is 30.1 Å². The van der Waals surface area contributed by atoms with Crippen LogP contribution in [0.15, 0.2) is 18.3 Å². The summed E-state index contributed by atoms with van der Waals surface area (Å²) in [7, 11) is 4.65. The molecule has 5 rings (SSSR count). The second kappa shape index (κ2) is 6.97. The highest BCUT2D eigenvalue weighted by Crippen LogP contribution is 2.60. The maximum absolute atomic E-state index is 5.43. The van der Waals surface area contributed by atoms with Crippen molar-refractivity contribution < 1.29 is 0 Å². The van der Waals surface area contributed by atoms with Crippen molar-refractivity contribution in [2.24, 2.45) is 5.41 Å². The van der Waals surface area contributed by atoms with E-state index < -0.39 is 0 Å². The minimum absolute atomic E-state index is 0.000296. The molecule has 0 atom stereocenters. The molecule has 3 aromatic heterocycles. The van der Waals surface area contributed by atoms with Crippen molar-refractivity contribution in [3.63, 3.8) is 0 Å². The molecule has 3 nitrogen and oxygen atoms in total. The van der Waals surface area contributed by atoms with Crippen molar-refractivity contribution in [2.45, 2.75) is 105 Å². The first kappa shape index (κ1) is 25.4. The van der Waals surface area contributed by atoms with Gasteiger partial charge in [-0.1, -0.05) is 94.0 Å². The Morgan fingerprint density at radius 2 is 1.33 bits per heavy atom. The molecule has 0 radical (unpaired) electrons. The van der Waals surface area contributed by atoms with Gasteiger partial charge in [0.05, 0.1) is 11.0 Å². The Hall–Kier alpha value is -2.29. The molecular formula is C31H43B2N3. The number of aromatic nitrogens is 3. The first-order chi connectivity index (χ1) is 16.2. The normalized spacial score (nSPS) is 18.9. The molecule has 5 heteroatoms. The van der Waals surface area contributed by atoms with E-state index in [-0.39, 0.29) is 27.1 Å². The Morgan fingerprint density at radius 1 is 0.778 bits per heavy atom. The lowest BCUT2D eigenvalue weighted by atomic mass is 9.58. The second-order valence-electron chi connectivity index (χ2n) is 15.0. The van der Waals surface area contributed by atoms with Crippen molar-refractivity contribution in [1.82, 2.24) is 14.4 Å². The molecule has 0 spiro atoms. The van der Waals surface area contributed by atoms with Gasteiger partial charge in [-0.2, -0.15) is 0 Å². The van der Waals surface area contributed by atoms with Gasteiger partial charge in [0, 0.05) is 33.8 Å². The van der Waals surface area contributed by atoms with Crippen LogP contribution in [-0.2, 0) is 21.7 Å². The summed E-state index contributed by atoms with van der Waals surface area (Å²) in [5, 5.41) is 2.36. The monoisotopic (exact) mass is 479 g/mol. The summed E-state index contributed by atoms with van der Waals surface area (Å²) in [6.45, 7) is 28.3. The third-order valence-electron chi connectivity index (χ3n) is 10.2. The van der Waals surface area contributed by atoms with Crippen LogP contribution < -0.4 is 10.9 Å². The van der Waals surface area contributed by atoms with Crippen LogP contribution in [0.5, 0.6) is 0 Å². The lowest BCUT2D eigenvalue weighted by Gasteiger charge is -2.45. The molecular weight excluding hydrogens is 436 g/mol. The van der Waals surface area contributed by atoms with Crippen molar-refractivity contribution in [1.29, 1.82) is 0 Å². The third-order valence-corrected chi connectivity index (χ3v) is 10.2. The molecule has 0 saturated heterocycles. The average molecular weight is 479 g/mol. The van der Waals surface area contributed by atoms with Crippen LogP contribution in [0.25, 0.3) is 27.5 Å². The quantitative estimate of drug-likeness (QED) is 0.341. The summed E-state index contributed by atoms with van der Waals surface area (Å²) in [6, 6.07) is 4.67. The number of imidazole rings is 1. The average Bonchev–Trinajstić information content (AvgIpc) is 3.18. The number of benzene rings is 1. The van der Waals surface area contributed by atoms with Crippen LogP contribution in [0.3, 0.4) is 0 Å². The molecule has 0 bridgehead atoms. The summed E-state index contributed by atoms with van der Waals surface area (Å²) >= 11 is 0. The number of hydrogen-bond acceptors (Lipinski definition) is 2. The largest absolute Gasteiger partial charge is 0.296 e. The zero-order valence-corrected chi connectivity index (χ0v) is 25.1. The highest BCUT2D eigenvalue weighted by Gasteiger charge is 2.58. The van der Waals surface area contributed by atoms with Crippen LogP contribution in [0.1, 0.15) is 106 Å². The summed E-state index contributed by atoms with van der Waals surface area (Å²) < 4.78 is 2.47. The third kappa shape index (κ3) is 2.95. The van der Waals surface area contributed by atoms with Crippen LogP contribution in [0.2, 0.25) is 0 Å². The number of fused-ring (bicyclic) bond motifs is 6. The fraction of sp³-hybridized carbons (Fsp3) is 0.548. The lowest BCUT2D eigenvalue weighted by Crippen LogP contribution is -2.43. The first-order valence-electron chi connectivity index (χ1n) is 13.5. The molecule has 188 valence electrons. The Labute approximate surface area is 219 Å². The highest BCUT2D eigenvalue weighted by atomic mass is 15.0. The van der Waals surface area contributed by atoms with Gasteiger partial charge >= 0.3 is 0 Å². The molecule has 0 aliphatic heterocycles. The predicted octanol–water partition coefficient (Wildman–Crippen LogP) is 4.74. The number of pyridine rings is 2. The smallest absolute Gasteiger partial charge is 0.147 e. The molecule has 0 unspecified atom stereocenters. The Bertz CT molecular complexity index is 1590. The van der Waals surface area contributed by atoms with E-state index in [1.54, 1.807) is 0 Å². The maximum Gasteiger partial charge on any atom is 0.147 e. The van der Waals surface area contributed by atoms with Crippen molar-refractivity contribution >= 4 is 54.1 Å². The minimum Gasteiger partial charge on any atom is -0.296 e. The summed E-state index contributed by atoms with van der Waals surface area (Å²) in [5.41, 5.74) is 11.8. The fourth-order valence-corrected chi connectivity index (χ4v) is 6.97. The van der Waals surface area contributed by atoms with Crippen molar-refractivity contribution in [3.05, 3.63) is 40.8 Å². The SMILES string of the molecule is Bc1c2c(c(B)c3c1nc1c4cnc(C(C)(C)C)cc4cc(C(C)(C)C)n13)C(C)(C)C(C)(C)C2(C)C. The zero-order valence-electron chi connectivity index (χ0n) is 25.1. The topological polar surface area (TPSA) is 30.2 Å². The van der Waals surface area contributed by atoms with Gasteiger partial charge in [0.2, 0.25) is 0 Å². The molecule has 1 aliphatic rings. The van der Waals surface area contributed by atoms with E-state index >= 15 is 0 Å². The highest BCUT2D eigenvalue weighted by molar-refractivity contribution is 6.46. The molecule has 4 aromatic rings. The molecule has 0 fully saturated rings. The summed E-state index contributed by atoms with van der Waals surface area (Å²) in [6.07, 6.45) is 2.05. The molecule has 1 aromatic carbocycles. The number of rotatable bonds is 0. The van der Waals surface area contributed by atoms with E-state index in [2.05, 4.69) is 122 Å². The van der Waals surface area contributed by atoms with Crippen molar-refractivity contribution in [3.8, 4) is 0 Å². The molecule has 36 heavy (non-hydrogen) atoms. The van der Waals surface area contributed by atoms with Gasteiger partial charge in [-0.25, -0.2) is 4.98 Å². The summed E-state index contributed by atoms with van der Waals surface area (Å²) in [5.74, 6) is 0. The van der Waals surface area contributed by atoms with Gasteiger partial charge < -0.3 is 0 Å². The Morgan fingerprint density at radius 3 is 1.86 bits per heavy atom. The molecule has 1 aliphatic carbocycles. The van der Waals surface area contributed by atoms with Crippen molar-refractivity contribution in [2.75, 3.05) is 0 Å². The summed E-state index contributed by atoms with van der Waals surface area (Å²) in [4.78, 5) is 10.3. The van der Waals surface area contributed by atoms with E-state index in [1.807, 2.05) is 0 Å². The predicted molar refractivity (Wildman–Crippen MR) is 162 cm³/mol. The van der Waals surface area contributed by atoms with E-state index in [1.165, 1.54) is 38.6 Å². The van der Waals surface area contributed by atoms with E-state index in [9.17, 15) is 0 Å². The van der Waals surface area contributed by atoms with Gasteiger partial charge in [-0.05, 0) is 44.9 Å². The van der Waals surface area contributed by atoms with Crippen LogP contribution in [0.4, 0.5) is 0 Å². The molecule has 0 saturated carbocycles. The second-order valence-corrected chi connectivity index (χ2v) is 15.0. The fourth-order valence-electron chi connectivity index (χ4n) is 6.97. The lowest BCUT2D eigenvalue weighted by molar-refractivity contribution is 0.125. The first-order valence-corrected chi connectivity index (χ1v) is 13.5. The van der Waals surface area contributed by atoms with E-state index in [4.69, 9.17) is 9.97 Å². The Balaban J connectivity index is 2.04. The van der Waals surface area contributed by atoms with Gasteiger partial charge in [-0.15, -0.1) is 0 Å². The van der Waals surface area contributed by atoms with Gasteiger partial charge in [0.15, 0.2) is 0 Å². The molecule has 0 N–H and O–H groups in total. The number of nitrogens with zero attached hydrogens (tertiary/aromatic N) is 3. The minimum atomic E-state index is -0.0430. The maximum atomic E-state index is 5.43. The van der Waals surface area contributed by atoms with Gasteiger partial charge in [-0.3, -0.25) is 9.38 Å². The standard InChI is InChI=1S/C31H43B2N3/c1-27(2,3)18-13-16-14-19(28(4,5)6)36-25-23(33)21-20(29(7,8)31(11,12)30(21,9)10)22(32)24(25)35-26(36)17(16)15-34-18/h13-15H,32-33H2,1-12H3. The Kier molecular flexibility index (Phi) is 4.91. The molecule has 3 heterocycles.